The number of amides is 1. The van der Waals surface area contributed by atoms with Crippen molar-refractivity contribution in [2.24, 2.45) is 0 Å². The van der Waals surface area contributed by atoms with Crippen molar-refractivity contribution < 1.29 is 4.79 Å². The van der Waals surface area contributed by atoms with Crippen molar-refractivity contribution in [3.63, 3.8) is 0 Å². The molecule has 1 aliphatic carbocycles. The van der Waals surface area contributed by atoms with Gasteiger partial charge in [-0.05, 0) is 24.0 Å². The van der Waals surface area contributed by atoms with Crippen LogP contribution in [0, 0.1) is 0 Å². The summed E-state index contributed by atoms with van der Waals surface area (Å²) < 4.78 is 0. The van der Waals surface area contributed by atoms with E-state index in [0.29, 0.717) is 0 Å². The molecule has 1 fully saturated rings. The minimum atomic E-state index is 0.00719. The molecule has 2 atom stereocenters. The molecule has 1 aromatic rings. The van der Waals surface area contributed by atoms with Crippen molar-refractivity contribution >= 4 is 17.7 Å². The topological polar surface area (TPSA) is 32.3 Å². The van der Waals surface area contributed by atoms with Gasteiger partial charge in [0.05, 0.1) is 12.1 Å². The number of carbonyl (C=O) groups excluding carboxylic acids is 1. The molecule has 0 spiro atoms. The molecule has 0 aromatic heterocycles. The van der Waals surface area contributed by atoms with Gasteiger partial charge < -0.3 is 4.90 Å². The highest BCUT2D eigenvalue weighted by Gasteiger charge is 2.32. The molecule has 1 amide bonds. The Labute approximate surface area is 112 Å². The van der Waals surface area contributed by atoms with Gasteiger partial charge in [0, 0.05) is 18.7 Å². The predicted octanol–water partition coefficient (Wildman–Crippen LogP) is 1.79. The van der Waals surface area contributed by atoms with Crippen LogP contribution in [0.4, 0.5) is 0 Å². The van der Waals surface area contributed by atoms with E-state index in [4.69, 9.17) is 0 Å². The standard InChI is InChI=1S/C14H18N2OS/c1-16(14(17)12-8-18-9-15-12)13-7-6-10-4-2-3-5-11(10)13/h2-5,12-13,15H,6-9H2,1H3. The Balaban J connectivity index is 1.77. The summed E-state index contributed by atoms with van der Waals surface area (Å²) in [5, 5.41) is 3.26. The van der Waals surface area contributed by atoms with E-state index in [2.05, 4.69) is 29.6 Å². The van der Waals surface area contributed by atoms with Crippen molar-refractivity contribution in [2.45, 2.75) is 24.9 Å². The third-order valence-corrected chi connectivity index (χ3v) is 4.87. The van der Waals surface area contributed by atoms with Gasteiger partial charge in [0.15, 0.2) is 0 Å². The molecule has 1 heterocycles. The van der Waals surface area contributed by atoms with Crippen molar-refractivity contribution in [3.05, 3.63) is 35.4 Å². The van der Waals surface area contributed by atoms with Gasteiger partial charge in [-0.1, -0.05) is 24.3 Å². The first-order valence-corrected chi connectivity index (χ1v) is 7.58. The van der Waals surface area contributed by atoms with Crippen molar-refractivity contribution in [3.8, 4) is 0 Å². The fraction of sp³-hybridized carbons (Fsp3) is 0.500. The zero-order valence-corrected chi connectivity index (χ0v) is 11.4. The number of carbonyl (C=O) groups is 1. The van der Waals surface area contributed by atoms with Crippen LogP contribution in [0.15, 0.2) is 24.3 Å². The van der Waals surface area contributed by atoms with Gasteiger partial charge in [0.1, 0.15) is 0 Å². The highest BCUT2D eigenvalue weighted by atomic mass is 32.2. The third-order valence-electron chi connectivity index (χ3n) is 3.93. The minimum absolute atomic E-state index is 0.00719. The number of hydrogen-bond acceptors (Lipinski definition) is 3. The maximum absolute atomic E-state index is 12.4. The first-order chi connectivity index (χ1) is 8.77. The fourth-order valence-corrected chi connectivity index (χ4v) is 3.82. The average Bonchev–Trinajstić information content (AvgIpc) is 3.06. The van der Waals surface area contributed by atoms with Crippen LogP contribution < -0.4 is 5.32 Å². The molecule has 96 valence electrons. The lowest BCUT2D eigenvalue weighted by molar-refractivity contribution is -0.133. The molecule has 1 saturated heterocycles. The summed E-state index contributed by atoms with van der Waals surface area (Å²) in [6, 6.07) is 8.76. The average molecular weight is 262 g/mol. The lowest BCUT2D eigenvalue weighted by atomic mass is 10.1. The van der Waals surface area contributed by atoms with Crippen LogP contribution in [0.2, 0.25) is 0 Å². The predicted molar refractivity (Wildman–Crippen MR) is 74.5 cm³/mol. The van der Waals surface area contributed by atoms with E-state index in [1.54, 1.807) is 11.8 Å². The largest absolute Gasteiger partial charge is 0.337 e. The number of hydrogen-bond donors (Lipinski definition) is 1. The zero-order valence-electron chi connectivity index (χ0n) is 10.6. The second-order valence-corrected chi connectivity index (χ2v) is 6.00. The quantitative estimate of drug-likeness (QED) is 0.882. The summed E-state index contributed by atoms with van der Waals surface area (Å²) in [6.07, 6.45) is 2.15. The molecular formula is C14H18N2OS. The molecule has 2 unspecified atom stereocenters. The molecule has 0 radical (unpaired) electrons. The fourth-order valence-electron chi connectivity index (χ4n) is 2.89. The molecule has 3 rings (SSSR count). The molecule has 0 saturated carbocycles. The highest BCUT2D eigenvalue weighted by molar-refractivity contribution is 7.99. The maximum Gasteiger partial charge on any atom is 0.240 e. The van der Waals surface area contributed by atoms with Gasteiger partial charge in [0.25, 0.3) is 0 Å². The monoisotopic (exact) mass is 262 g/mol. The van der Waals surface area contributed by atoms with Crippen molar-refractivity contribution in [1.29, 1.82) is 0 Å². The first-order valence-electron chi connectivity index (χ1n) is 6.43. The van der Waals surface area contributed by atoms with E-state index >= 15 is 0 Å². The van der Waals surface area contributed by atoms with Gasteiger partial charge in [0.2, 0.25) is 5.91 Å². The summed E-state index contributed by atoms with van der Waals surface area (Å²) in [5.41, 5.74) is 2.73. The maximum atomic E-state index is 12.4. The minimum Gasteiger partial charge on any atom is -0.337 e. The van der Waals surface area contributed by atoms with E-state index in [9.17, 15) is 4.79 Å². The van der Waals surface area contributed by atoms with Crippen LogP contribution in [-0.2, 0) is 11.2 Å². The van der Waals surface area contributed by atoms with E-state index in [1.165, 1.54) is 11.1 Å². The summed E-state index contributed by atoms with van der Waals surface area (Å²) in [7, 11) is 1.94. The number of nitrogens with zero attached hydrogens (tertiary/aromatic N) is 1. The summed E-state index contributed by atoms with van der Waals surface area (Å²) in [5.74, 6) is 2.03. The Hall–Kier alpha value is -1.00. The lowest BCUT2D eigenvalue weighted by Crippen LogP contribution is -2.44. The zero-order chi connectivity index (χ0) is 12.5. The number of rotatable bonds is 2. The molecule has 4 heteroatoms. The molecule has 1 aliphatic heterocycles. The Morgan fingerprint density at radius 3 is 3.06 bits per heavy atom. The lowest BCUT2D eigenvalue weighted by Gasteiger charge is -2.27. The van der Waals surface area contributed by atoms with Gasteiger partial charge in [-0.25, -0.2) is 0 Å². The number of thioether (sulfide) groups is 1. The van der Waals surface area contributed by atoms with E-state index in [-0.39, 0.29) is 18.0 Å². The van der Waals surface area contributed by atoms with Crippen LogP contribution in [0.5, 0.6) is 0 Å². The normalized spacial score (nSPS) is 26.1. The second-order valence-electron chi connectivity index (χ2n) is 4.97. The number of benzene rings is 1. The molecule has 2 aliphatic rings. The summed E-state index contributed by atoms with van der Waals surface area (Å²) in [6.45, 7) is 0. The van der Waals surface area contributed by atoms with Gasteiger partial charge in [-0.2, -0.15) is 0 Å². The first kappa shape index (κ1) is 12.1. The molecule has 3 nitrogen and oxygen atoms in total. The van der Waals surface area contributed by atoms with Crippen LogP contribution >= 0.6 is 11.8 Å². The van der Waals surface area contributed by atoms with Gasteiger partial charge in [-0.3, -0.25) is 10.1 Å². The van der Waals surface area contributed by atoms with E-state index in [0.717, 1.165) is 24.5 Å². The van der Waals surface area contributed by atoms with Crippen LogP contribution in [0.25, 0.3) is 0 Å². The number of likely N-dealkylation sites (N-methyl/N-ethyl adjacent to an activating group) is 1. The van der Waals surface area contributed by atoms with E-state index in [1.807, 2.05) is 11.9 Å². The van der Waals surface area contributed by atoms with Crippen molar-refractivity contribution in [1.82, 2.24) is 10.2 Å². The molecular weight excluding hydrogens is 244 g/mol. The Morgan fingerprint density at radius 2 is 2.28 bits per heavy atom. The third kappa shape index (κ3) is 2.04. The Kier molecular flexibility index (Phi) is 3.31. The summed E-state index contributed by atoms with van der Waals surface area (Å²) in [4.78, 5) is 14.3. The molecule has 0 bridgehead atoms. The number of aryl methyl sites for hydroxylation is 1. The highest BCUT2D eigenvalue weighted by Crippen LogP contribution is 2.35. The van der Waals surface area contributed by atoms with E-state index < -0.39 is 0 Å². The molecule has 1 aromatic carbocycles. The van der Waals surface area contributed by atoms with Gasteiger partial charge in [-0.15, -0.1) is 11.8 Å². The van der Waals surface area contributed by atoms with Crippen LogP contribution in [0.3, 0.4) is 0 Å². The second kappa shape index (κ2) is 4.94. The van der Waals surface area contributed by atoms with Crippen molar-refractivity contribution in [2.75, 3.05) is 18.7 Å². The molecule has 18 heavy (non-hydrogen) atoms. The SMILES string of the molecule is CN(C(=O)C1CSCN1)C1CCc2ccccc21. The Morgan fingerprint density at radius 1 is 1.44 bits per heavy atom. The number of nitrogens with one attached hydrogen (secondary N) is 1. The number of fused-ring (bicyclic) bond motifs is 1. The van der Waals surface area contributed by atoms with Gasteiger partial charge >= 0.3 is 0 Å². The smallest absolute Gasteiger partial charge is 0.240 e. The molecule has 1 N–H and O–H groups in total. The summed E-state index contributed by atoms with van der Waals surface area (Å²) >= 11 is 1.80. The van der Waals surface area contributed by atoms with Crippen LogP contribution in [-0.4, -0.2) is 35.5 Å². The van der Waals surface area contributed by atoms with Crippen LogP contribution in [0.1, 0.15) is 23.6 Å². The Bertz CT molecular complexity index is 457.